The fourth-order valence-corrected chi connectivity index (χ4v) is 2.49. The van der Waals surface area contributed by atoms with E-state index in [1.165, 1.54) is 12.1 Å². The maximum absolute atomic E-state index is 13.1. The van der Waals surface area contributed by atoms with Crippen LogP contribution in [-0.4, -0.2) is 0 Å². The van der Waals surface area contributed by atoms with Crippen LogP contribution in [0.25, 0.3) is 0 Å². The molecule has 2 nitrogen and oxygen atoms in total. The van der Waals surface area contributed by atoms with E-state index in [1.54, 1.807) is 0 Å². The van der Waals surface area contributed by atoms with E-state index in [1.807, 2.05) is 24.3 Å². The highest BCUT2D eigenvalue weighted by Gasteiger charge is 2.26. The van der Waals surface area contributed by atoms with Crippen molar-refractivity contribution in [1.82, 2.24) is 5.32 Å². The number of hydrogen-bond acceptors (Lipinski definition) is 2. The van der Waals surface area contributed by atoms with E-state index in [0.29, 0.717) is 6.54 Å². The molecule has 1 heterocycles. The summed E-state index contributed by atoms with van der Waals surface area (Å²) in [5, 5.41) is 3.53. The van der Waals surface area contributed by atoms with Gasteiger partial charge in [0.25, 0.3) is 0 Å². The van der Waals surface area contributed by atoms with Crippen molar-refractivity contribution in [3.8, 4) is 0 Å². The van der Waals surface area contributed by atoms with E-state index in [0.717, 1.165) is 23.5 Å². The lowest BCUT2D eigenvalue weighted by Gasteiger charge is -2.32. The van der Waals surface area contributed by atoms with E-state index in [-0.39, 0.29) is 17.3 Å². The molecule has 0 amide bonds. The largest absolute Gasteiger partial charge is 0.465 e. The van der Waals surface area contributed by atoms with E-state index in [4.69, 9.17) is 4.42 Å². The maximum Gasteiger partial charge on any atom is 0.123 e. The van der Waals surface area contributed by atoms with Gasteiger partial charge >= 0.3 is 0 Å². The van der Waals surface area contributed by atoms with Crippen LogP contribution in [0, 0.1) is 11.2 Å². The average molecular weight is 289 g/mol. The SMILES string of the molecule is CCc1ccc(CNC(c2ccc(F)cc2)C(C)(C)C)o1. The molecule has 3 heteroatoms. The molecule has 21 heavy (non-hydrogen) atoms. The summed E-state index contributed by atoms with van der Waals surface area (Å²) in [7, 11) is 0. The monoisotopic (exact) mass is 289 g/mol. The third-order valence-electron chi connectivity index (χ3n) is 3.62. The minimum absolute atomic E-state index is 0.0258. The molecule has 0 aliphatic heterocycles. The van der Waals surface area contributed by atoms with Gasteiger partial charge in [-0.05, 0) is 35.2 Å². The first-order chi connectivity index (χ1) is 9.90. The van der Waals surface area contributed by atoms with Crippen molar-refractivity contribution in [3.63, 3.8) is 0 Å². The van der Waals surface area contributed by atoms with Gasteiger partial charge in [-0.2, -0.15) is 0 Å². The van der Waals surface area contributed by atoms with E-state index in [9.17, 15) is 4.39 Å². The average Bonchev–Trinajstić information content (AvgIpc) is 2.87. The van der Waals surface area contributed by atoms with Crippen LogP contribution >= 0.6 is 0 Å². The molecule has 0 aliphatic carbocycles. The molecule has 2 rings (SSSR count). The molecule has 114 valence electrons. The van der Waals surface area contributed by atoms with Crippen molar-refractivity contribution < 1.29 is 8.81 Å². The van der Waals surface area contributed by atoms with Crippen molar-refractivity contribution in [3.05, 3.63) is 59.3 Å². The predicted molar refractivity (Wildman–Crippen MR) is 83.5 cm³/mol. The Kier molecular flexibility index (Phi) is 4.84. The lowest BCUT2D eigenvalue weighted by Crippen LogP contribution is -2.31. The highest BCUT2D eigenvalue weighted by molar-refractivity contribution is 5.22. The van der Waals surface area contributed by atoms with E-state index >= 15 is 0 Å². The normalized spacial score (nSPS) is 13.4. The number of rotatable bonds is 5. The summed E-state index contributed by atoms with van der Waals surface area (Å²) in [6.45, 7) is 9.26. The second kappa shape index (κ2) is 6.44. The first-order valence-electron chi connectivity index (χ1n) is 7.46. The van der Waals surface area contributed by atoms with Gasteiger partial charge in [-0.1, -0.05) is 39.8 Å². The van der Waals surface area contributed by atoms with E-state index < -0.39 is 0 Å². The lowest BCUT2D eigenvalue weighted by atomic mass is 9.82. The van der Waals surface area contributed by atoms with Crippen molar-refractivity contribution in [1.29, 1.82) is 0 Å². The van der Waals surface area contributed by atoms with Crippen LogP contribution in [0.1, 0.15) is 50.8 Å². The molecule has 1 unspecified atom stereocenters. The van der Waals surface area contributed by atoms with Crippen molar-refractivity contribution in [2.24, 2.45) is 5.41 Å². The van der Waals surface area contributed by atoms with Gasteiger partial charge in [0.2, 0.25) is 0 Å². The van der Waals surface area contributed by atoms with Gasteiger partial charge in [0.15, 0.2) is 0 Å². The van der Waals surface area contributed by atoms with Crippen LogP contribution in [0.4, 0.5) is 4.39 Å². The van der Waals surface area contributed by atoms with Crippen LogP contribution in [0.15, 0.2) is 40.8 Å². The van der Waals surface area contributed by atoms with Gasteiger partial charge < -0.3 is 9.73 Å². The number of halogens is 1. The number of benzene rings is 1. The van der Waals surface area contributed by atoms with Crippen LogP contribution in [0.2, 0.25) is 0 Å². The Morgan fingerprint density at radius 3 is 2.19 bits per heavy atom. The van der Waals surface area contributed by atoms with Gasteiger partial charge in [-0.15, -0.1) is 0 Å². The molecular weight excluding hydrogens is 265 g/mol. The fraction of sp³-hybridized carbons (Fsp3) is 0.444. The second-order valence-corrected chi connectivity index (χ2v) is 6.45. The highest BCUT2D eigenvalue weighted by Crippen LogP contribution is 2.33. The summed E-state index contributed by atoms with van der Waals surface area (Å²) in [4.78, 5) is 0. The second-order valence-electron chi connectivity index (χ2n) is 6.45. The Labute approximate surface area is 126 Å². The first-order valence-corrected chi connectivity index (χ1v) is 7.46. The van der Waals surface area contributed by atoms with Crippen LogP contribution in [0.3, 0.4) is 0 Å². The number of nitrogens with one attached hydrogen (secondary N) is 1. The van der Waals surface area contributed by atoms with Gasteiger partial charge in [0, 0.05) is 12.5 Å². The third kappa shape index (κ3) is 4.18. The van der Waals surface area contributed by atoms with Gasteiger partial charge in [0.05, 0.1) is 6.54 Å². The lowest BCUT2D eigenvalue weighted by molar-refractivity contribution is 0.263. The highest BCUT2D eigenvalue weighted by atomic mass is 19.1. The minimum atomic E-state index is -0.204. The summed E-state index contributed by atoms with van der Waals surface area (Å²) >= 11 is 0. The summed E-state index contributed by atoms with van der Waals surface area (Å²) < 4.78 is 18.8. The molecule has 0 bridgehead atoms. The standard InChI is InChI=1S/C18H24FNO/c1-5-15-10-11-16(21-15)12-20-17(18(2,3)4)13-6-8-14(19)9-7-13/h6-11,17,20H,5,12H2,1-4H3. The maximum atomic E-state index is 13.1. The molecule has 1 aromatic heterocycles. The van der Waals surface area contributed by atoms with Crippen molar-refractivity contribution in [2.75, 3.05) is 0 Å². The molecule has 2 aromatic rings. The zero-order chi connectivity index (χ0) is 15.5. The number of hydrogen-bond donors (Lipinski definition) is 1. The summed E-state index contributed by atoms with van der Waals surface area (Å²) in [5.74, 6) is 1.73. The van der Waals surface area contributed by atoms with Crippen molar-refractivity contribution in [2.45, 2.75) is 46.7 Å². The summed E-state index contributed by atoms with van der Waals surface area (Å²) in [6, 6.07) is 10.9. The molecule has 0 saturated heterocycles. The van der Waals surface area contributed by atoms with Gasteiger partial charge in [-0.25, -0.2) is 4.39 Å². The number of furan rings is 1. The molecule has 1 atom stereocenters. The van der Waals surface area contributed by atoms with Crippen LogP contribution in [-0.2, 0) is 13.0 Å². The molecule has 0 saturated carbocycles. The molecule has 0 radical (unpaired) electrons. The summed E-state index contributed by atoms with van der Waals surface area (Å²) in [6.07, 6.45) is 0.903. The van der Waals surface area contributed by atoms with E-state index in [2.05, 4.69) is 33.0 Å². The molecule has 0 spiro atoms. The van der Waals surface area contributed by atoms with Gasteiger partial charge in [-0.3, -0.25) is 0 Å². The number of aryl methyl sites for hydroxylation is 1. The topological polar surface area (TPSA) is 25.2 Å². The van der Waals surface area contributed by atoms with Crippen LogP contribution in [0.5, 0.6) is 0 Å². The third-order valence-corrected chi connectivity index (χ3v) is 3.62. The molecule has 1 N–H and O–H groups in total. The Balaban J connectivity index is 2.12. The minimum Gasteiger partial charge on any atom is -0.465 e. The zero-order valence-corrected chi connectivity index (χ0v) is 13.2. The molecule has 0 aliphatic rings. The fourth-order valence-electron chi connectivity index (χ4n) is 2.49. The Bertz CT molecular complexity index is 566. The quantitative estimate of drug-likeness (QED) is 0.850. The van der Waals surface area contributed by atoms with Crippen LogP contribution < -0.4 is 5.32 Å². The van der Waals surface area contributed by atoms with Crippen molar-refractivity contribution >= 4 is 0 Å². The molecular formula is C18H24FNO. The predicted octanol–water partition coefficient (Wildman–Crippen LogP) is 4.86. The zero-order valence-electron chi connectivity index (χ0n) is 13.2. The first kappa shape index (κ1) is 15.8. The Hall–Kier alpha value is -1.61. The molecule has 1 aromatic carbocycles. The van der Waals surface area contributed by atoms with Gasteiger partial charge in [0.1, 0.15) is 17.3 Å². The smallest absolute Gasteiger partial charge is 0.123 e. The Morgan fingerprint density at radius 2 is 1.67 bits per heavy atom. The molecule has 0 fully saturated rings. The Morgan fingerprint density at radius 1 is 1.05 bits per heavy atom. The summed E-state index contributed by atoms with van der Waals surface area (Å²) in [5.41, 5.74) is 1.11.